The minimum Gasteiger partial charge on any atom is -0.468 e. The van der Waals surface area contributed by atoms with Gasteiger partial charge in [-0.3, -0.25) is 0 Å². The minimum absolute atomic E-state index is 0.421. The second-order valence-electron chi connectivity index (χ2n) is 3.65. The van der Waals surface area contributed by atoms with Crippen molar-refractivity contribution in [2.24, 2.45) is 5.73 Å². The van der Waals surface area contributed by atoms with Gasteiger partial charge < -0.3 is 10.2 Å². The molecule has 0 bridgehead atoms. The molecule has 1 saturated carbocycles. The Kier molecular flexibility index (Phi) is 2.65. The summed E-state index contributed by atoms with van der Waals surface area (Å²) in [4.78, 5) is 1.28. The molecule has 1 fully saturated rings. The Morgan fingerprint density at radius 1 is 1.54 bits per heavy atom. The molecule has 0 amide bonds. The smallest absolute Gasteiger partial charge is 0.114 e. The molecule has 1 aliphatic carbocycles. The first-order valence-electron chi connectivity index (χ1n) is 4.72. The molecule has 0 aromatic carbocycles. The van der Waals surface area contributed by atoms with Crippen molar-refractivity contribution in [3.8, 4) is 0 Å². The van der Waals surface area contributed by atoms with E-state index in [0.29, 0.717) is 11.3 Å². The highest BCUT2D eigenvalue weighted by Gasteiger charge is 2.23. The van der Waals surface area contributed by atoms with Crippen molar-refractivity contribution >= 4 is 11.8 Å². The van der Waals surface area contributed by atoms with E-state index in [1.54, 1.807) is 6.26 Å². The Bertz CT molecular complexity index is 284. The van der Waals surface area contributed by atoms with Crippen molar-refractivity contribution < 1.29 is 4.42 Å². The van der Waals surface area contributed by atoms with Crippen LogP contribution in [-0.4, -0.2) is 11.3 Å². The van der Waals surface area contributed by atoms with Crippen LogP contribution in [0.15, 0.2) is 21.6 Å². The van der Waals surface area contributed by atoms with E-state index in [-0.39, 0.29) is 0 Å². The second kappa shape index (κ2) is 3.76. The number of aryl methyl sites for hydroxylation is 1. The van der Waals surface area contributed by atoms with E-state index in [0.717, 1.165) is 12.2 Å². The van der Waals surface area contributed by atoms with E-state index in [2.05, 4.69) is 0 Å². The molecule has 1 heterocycles. The molecule has 1 aromatic heterocycles. The lowest BCUT2D eigenvalue weighted by molar-refractivity contribution is 0.526. The molecule has 2 atom stereocenters. The van der Waals surface area contributed by atoms with Gasteiger partial charge in [0, 0.05) is 16.2 Å². The highest BCUT2D eigenvalue weighted by molar-refractivity contribution is 8.00. The summed E-state index contributed by atoms with van der Waals surface area (Å²) < 4.78 is 5.25. The molecule has 72 valence electrons. The topological polar surface area (TPSA) is 39.2 Å². The molecule has 0 saturated heterocycles. The van der Waals surface area contributed by atoms with Gasteiger partial charge in [0.05, 0.1) is 6.26 Å². The van der Waals surface area contributed by atoms with E-state index in [1.165, 1.54) is 17.7 Å². The van der Waals surface area contributed by atoms with Crippen LogP contribution in [0.2, 0.25) is 0 Å². The van der Waals surface area contributed by atoms with Crippen molar-refractivity contribution in [3.05, 3.63) is 18.1 Å². The number of thioether (sulfide) groups is 1. The zero-order valence-electron chi connectivity index (χ0n) is 7.82. The number of hydrogen-bond donors (Lipinski definition) is 1. The largest absolute Gasteiger partial charge is 0.468 e. The first kappa shape index (κ1) is 9.16. The number of furan rings is 1. The van der Waals surface area contributed by atoms with Gasteiger partial charge in [0.2, 0.25) is 0 Å². The molecular weight excluding hydrogens is 182 g/mol. The summed E-state index contributed by atoms with van der Waals surface area (Å²) in [5, 5.41) is 0.700. The van der Waals surface area contributed by atoms with Crippen molar-refractivity contribution in [1.29, 1.82) is 0 Å². The van der Waals surface area contributed by atoms with Crippen LogP contribution in [0.3, 0.4) is 0 Å². The van der Waals surface area contributed by atoms with E-state index in [9.17, 15) is 0 Å². The molecule has 2 nitrogen and oxygen atoms in total. The van der Waals surface area contributed by atoms with Crippen LogP contribution in [0, 0.1) is 6.92 Å². The van der Waals surface area contributed by atoms with Crippen molar-refractivity contribution in [3.63, 3.8) is 0 Å². The maximum atomic E-state index is 5.86. The first-order chi connectivity index (χ1) is 6.25. The molecule has 0 aliphatic heterocycles. The lowest BCUT2D eigenvalue weighted by Gasteiger charge is -2.07. The Morgan fingerprint density at radius 2 is 2.38 bits per heavy atom. The number of nitrogens with two attached hydrogens (primary N) is 1. The van der Waals surface area contributed by atoms with Crippen LogP contribution in [0.5, 0.6) is 0 Å². The third kappa shape index (κ3) is 2.09. The maximum Gasteiger partial charge on any atom is 0.114 e. The predicted molar refractivity (Wildman–Crippen MR) is 54.9 cm³/mol. The van der Waals surface area contributed by atoms with Gasteiger partial charge in [-0.15, -0.1) is 11.8 Å². The Labute approximate surface area is 82.9 Å². The van der Waals surface area contributed by atoms with Gasteiger partial charge >= 0.3 is 0 Å². The predicted octanol–water partition coefficient (Wildman–Crippen LogP) is 2.56. The lowest BCUT2D eigenvalue weighted by atomic mass is 10.3. The minimum atomic E-state index is 0.421. The molecule has 1 aliphatic rings. The van der Waals surface area contributed by atoms with Gasteiger partial charge in [-0.1, -0.05) is 0 Å². The monoisotopic (exact) mass is 197 g/mol. The summed E-state index contributed by atoms with van der Waals surface area (Å²) in [6.07, 6.45) is 5.33. The summed E-state index contributed by atoms with van der Waals surface area (Å²) in [5.41, 5.74) is 5.86. The van der Waals surface area contributed by atoms with Crippen LogP contribution in [-0.2, 0) is 0 Å². The van der Waals surface area contributed by atoms with Crippen molar-refractivity contribution in [2.75, 3.05) is 0 Å². The quantitative estimate of drug-likeness (QED) is 0.792. The summed E-state index contributed by atoms with van der Waals surface area (Å²) in [6.45, 7) is 2.01. The van der Waals surface area contributed by atoms with Gasteiger partial charge in [-0.25, -0.2) is 0 Å². The molecule has 3 heteroatoms. The average Bonchev–Trinajstić information content (AvgIpc) is 2.64. The van der Waals surface area contributed by atoms with Gasteiger partial charge in [-0.05, 0) is 32.3 Å². The highest BCUT2D eigenvalue weighted by Crippen LogP contribution is 2.35. The standard InChI is InChI=1S/C10H15NOS/c1-7-10(4-5-12-7)13-9-3-2-8(11)6-9/h4-5,8-9H,2-3,6,11H2,1H3. The molecule has 13 heavy (non-hydrogen) atoms. The van der Waals surface area contributed by atoms with E-state index < -0.39 is 0 Å². The summed E-state index contributed by atoms with van der Waals surface area (Å²) in [5.74, 6) is 1.03. The first-order valence-corrected chi connectivity index (χ1v) is 5.60. The Balaban J connectivity index is 1.95. The fraction of sp³-hybridized carbons (Fsp3) is 0.600. The van der Waals surface area contributed by atoms with Crippen LogP contribution >= 0.6 is 11.8 Å². The zero-order valence-corrected chi connectivity index (χ0v) is 8.64. The molecule has 2 N–H and O–H groups in total. The average molecular weight is 197 g/mol. The summed E-state index contributed by atoms with van der Waals surface area (Å²) in [7, 11) is 0. The number of rotatable bonds is 2. The fourth-order valence-electron chi connectivity index (χ4n) is 1.76. The fourth-order valence-corrected chi connectivity index (χ4v) is 3.06. The van der Waals surface area contributed by atoms with Gasteiger partial charge in [0.25, 0.3) is 0 Å². The maximum absolute atomic E-state index is 5.86. The van der Waals surface area contributed by atoms with E-state index >= 15 is 0 Å². The molecule has 2 unspecified atom stereocenters. The SMILES string of the molecule is Cc1occc1SC1CCC(N)C1. The normalized spacial score (nSPS) is 28.2. The lowest BCUT2D eigenvalue weighted by Crippen LogP contribution is -2.15. The Morgan fingerprint density at radius 3 is 2.92 bits per heavy atom. The number of hydrogen-bond acceptors (Lipinski definition) is 3. The van der Waals surface area contributed by atoms with Gasteiger partial charge in [0.15, 0.2) is 0 Å². The molecular formula is C10H15NOS. The van der Waals surface area contributed by atoms with Crippen LogP contribution in [0.4, 0.5) is 0 Å². The van der Waals surface area contributed by atoms with Gasteiger partial charge in [-0.2, -0.15) is 0 Å². The summed E-state index contributed by atoms with van der Waals surface area (Å²) in [6, 6.07) is 2.47. The second-order valence-corrected chi connectivity index (χ2v) is 5.00. The van der Waals surface area contributed by atoms with Crippen LogP contribution in [0.1, 0.15) is 25.0 Å². The van der Waals surface area contributed by atoms with Crippen molar-refractivity contribution in [1.82, 2.24) is 0 Å². The molecule has 2 rings (SSSR count). The third-order valence-corrected chi connectivity index (χ3v) is 3.97. The van der Waals surface area contributed by atoms with Crippen molar-refractivity contribution in [2.45, 2.75) is 42.4 Å². The van der Waals surface area contributed by atoms with Crippen LogP contribution in [0.25, 0.3) is 0 Å². The van der Waals surface area contributed by atoms with E-state index in [4.69, 9.17) is 10.2 Å². The van der Waals surface area contributed by atoms with Gasteiger partial charge in [0.1, 0.15) is 5.76 Å². The zero-order chi connectivity index (χ0) is 9.26. The molecule has 0 spiro atoms. The molecule has 1 aromatic rings. The summed E-state index contributed by atoms with van der Waals surface area (Å²) >= 11 is 1.91. The Hall–Kier alpha value is -0.410. The highest BCUT2D eigenvalue weighted by atomic mass is 32.2. The van der Waals surface area contributed by atoms with E-state index in [1.807, 2.05) is 24.8 Å². The third-order valence-electron chi connectivity index (χ3n) is 2.53. The van der Waals surface area contributed by atoms with Crippen LogP contribution < -0.4 is 5.73 Å². The molecule has 0 radical (unpaired) electrons.